The van der Waals surface area contributed by atoms with Crippen LogP contribution in [0.4, 0.5) is 0 Å². The van der Waals surface area contributed by atoms with Crippen molar-refractivity contribution in [2.75, 3.05) is 12.4 Å². The van der Waals surface area contributed by atoms with Crippen LogP contribution in [0, 0.1) is 5.41 Å². The molecule has 3 nitrogen and oxygen atoms in total. The Hall–Kier alpha value is -0.640. The van der Waals surface area contributed by atoms with E-state index in [4.69, 9.17) is 4.74 Å². The Labute approximate surface area is 90.9 Å². The minimum atomic E-state index is 0.109. The second-order valence-electron chi connectivity index (χ2n) is 4.14. The van der Waals surface area contributed by atoms with E-state index in [1.807, 2.05) is 10.9 Å². The van der Waals surface area contributed by atoms with E-state index in [0.717, 1.165) is 18.0 Å². The highest BCUT2D eigenvalue weighted by Gasteiger charge is 2.16. The van der Waals surface area contributed by atoms with E-state index in [9.17, 15) is 0 Å². The van der Waals surface area contributed by atoms with Gasteiger partial charge in [-0.2, -0.15) is 17.7 Å². The molecule has 0 aliphatic carbocycles. The predicted molar refractivity (Wildman–Crippen MR) is 61.0 cm³/mol. The highest BCUT2D eigenvalue weighted by Crippen LogP contribution is 2.19. The molecule has 0 bridgehead atoms. The molecule has 0 amide bonds. The summed E-state index contributed by atoms with van der Waals surface area (Å²) in [6.07, 6.45) is 3.66. The Morgan fingerprint density at radius 2 is 2.29 bits per heavy atom. The highest BCUT2D eigenvalue weighted by molar-refractivity contribution is 7.80. The van der Waals surface area contributed by atoms with E-state index in [1.54, 1.807) is 6.20 Å². The van der Waals surface area contributed by atoms with E-state index in [0.29, 0.717) is 6.61 Å². The molecule has 0 spiro atoms. The molecule has 0 aliphatic heterocycles. The molecular formula is C10H18N2OS. The zero-order valence-electron chi connectivity index (χ0n) is 9.03. The second kappa shape index (κ2) is 4.73. The van der Waals surface area contributed by atoms with Crippen LogP contribution in [0.3, 0.4) is 0 Å². The molecule has 0 unspecified atom stereocenters. The Morgan fingerprint density at radius 1 is 1.57 bits per heavy atom. The quantitative estimate of drug-likeness (QED) is 0.761. The Bertz CT molecular complexity index is 283. The van der Waals surface area contributed by atoms with Crippen molar-refractivity contribution in [2.45, 2.75) is 27.3 Å². The first-order chi connectivity index (χ1) is 6.57. The fourth-order valence-electron chi connectivity index (χ4n) is 0.916. The Balaban J connectivity index is 2.45. The first-order valence-corrected chi connectivity index (χ1v) is 5.47. The van der Waals surface area contributed by atoms with E-state index in [2.05, 4.69) is 38.5 Å². The van der Waals surface area contributed by atoms with Crippen LogP contribution >= 0.6 is 12.6 Å². The zero-order valence-corrected chi connectivity index (χ0v) is 9.92. The molecule has 0 N–H and O–H groups in total. The van der Waals surface area contributed by atoms with Gasteiger partial charge in [0.2, 0.25) is 0 Å². The van der Waals surface area contributed by atoms with Gasteiger partial charge in [-0.25, -0.2) is 0 Å². The minimum Gasteiger partial charge on any atom is -0.490 e. The number of hydrogen-bond donors (Lipinski definition) is 1. The lowest BCUT2D eigenvalue weighted by Gasteiger charge is -2.21. The summed E-state index contributed by atoms with van der Waals surface area (Å²) in [5.74, 6) is 1.65. The predicted octanol–water partition coefficient (Wildman–Crippen LogP) is 2.24. The minimum absolute atomic E-state index is 0.109. The summed E-state index contributed by atoms with van der Waals surface area (Å²) in [5, 5.41) is 4.13. The maximum atomic E-state index is 5.61. The number of aromatic nitrogens is 2. The summed E-state index contributed by atoms with van der Waals surface area (Å²) in [6.45, 7) is 7.86. The summed E-state index contributed by atoms with van der Waals surface area (Å²) in [5.41, 5.74) is 0.109. The molecule has 0 atom stereocenters. The summed E-state index contributed by atoms with van der Waals surface area (Å²) < 4.78 is 7.46. The largest absolute Gasteiger partial charge is 0.490 e. The van der Waals surface area contributed by atoms with Crippen LogP contribution in [0.1, 0.15) is 20.8 Å². The van der Waals surface area contributed by atoms with Crippen molar-refractivity contribution >= 4 is 12.6 Å². The van der Waals surface area contributed by atoms with Crippen molar-refractivity contribution < 1.29 is 4.74 Å². The van der Waals surface area contributed by atoms with Crippen LogP contribution in [0.15, 0.2) is 12.4 Å². The smallest absolute Gasteiger partial charge is 0.157 e. The number of thiol groups is 1. The van der Waals surface area contributed by atoms with E-state index < -0.39 is 0 Å². The first kappa shape index (κ1) is 11.4. The first-order valence-electron chi connectivity index (χ1n) is 4.83. The van der Waals surface area contributed by atoms with E-state index >= 15 is 0 Å². The lowest BCUT2D eigenvalue weighted by molar-refractivity contribution is 0.202. The third-order valence-corrected chi connectivity index (χ3v) is 2.85. The van der Waals surface area contributed by atoms with Gasteiger partial charge in [-0.05, 0) is 12.7 Å². The zero-order chi connectivity index (χ0) is 10.6. The van der Waals surface area contributed by atoms with Crippen LogP contribution in [-0.4, -0.2) is 22.1 Å². The van der Waals surface area contributed by atoms with Gasteiger partial charge in [0.1, 0.15) is 0 Å². The maximum absolute atomic E-state index is 5.61. The average Bonchev–Trinajstić information content (AvgIpc) is 2.63. The van der Waals surface area contributed by atoms with Gasteiger partial charge in [-0.15, -0.1) is 0 Å². The third kappa shape index (κ3) is 3.25. The normalized spacial score (nSPS) is 11.7. The number of ether oxygens (including phenoxy) is 1. The van der Waals surface area contributed by atoms with Gasteiger partial charge >= 0.3 is 0 Å². The molecule has 0 saturated heterocycles. The summed E-state index contributed by atoms with van der Waals surface area (Å²) >= 11 is 4.27. The van der Waals surface area contributed by atoms with Gasteiger partial charge in [0.25, 0.3) is 0 Å². The van der Waals surface area contributed by atoms with Crippen LogP contribution in [0.2, 0.25) is 0 Å². The van der Waals surface area contributed by atoms with Crippen molar-refractivity contribution in [3.63, 3.8) is 0 Å². The van der Waals surface area contributed by atoms with E-state index in [-0.39, 0.29) is 5.41 Å². The van der Waals surface area contributed by atoms with Crippen LogP contribution < -0.4 is 4.74 Å². The highest BCUT2D eigenvalue weighted by atomic mass is 32.1. The van der Waals surface area contributed by atoms with Crippen LogP contribution in [0.25, 0.3) is 0 Å². The van der Waals surface area contributed by atoms with Gasteiger partial charge in [-0.3, -0.25) is 4.68 Å². The molecule has 0 radical (unpaired) electrons. The van der Waals surface area contributed by atoms with Gasteiger partial charge < -0.3 is 4.74 Å². The van der Waals surface area contributed by atoms with Crippen molar-refractivity contribution in [3.8, 4) is 5.75 Å². The summed E-state index contributed by atoms with van der Waals surface area (Å²) in [7, 11) is 0. The number of aryl methyl sites for hydroxylation is 1. The molecule has 0 aliphatic rings. The second-order valence-corrected chi connectivity index (χ2v) is 4.46. The maximum Gasteiger partial charge on any atom is 0.157 e. The van der Waals surface area contributed by atoms with Gasteiger partial charge in [0.15, 0.2) is 5.75 Å². The molecule has 1 rings (SSSR count). The standard InChI is InChI=1S/C10H18N2OS/c1-4-12-6-9(5-11-12)13-7-10(2,3)8-14/h5-6,14H,4,7-8H2,1-3H3. The summed E-state index contributed by atoms with van der Waals surface area (Å²) in [6, 6.07) is 0. The fraction of sp³-hybridized carbons (Fsp3) is 0.700. The van der Waals surface area contributed by atoms with Crippen molar-refractivity contribution in [1.82, 2.24) is 9.78 Å². The Kier molecular flexibility index (Phi) is 3.86. The third-order valence-electron chi connectivity index (χ3n) is 1.99. The molecule has 4 heteroatoms. The SMILES string of the molecule is CCn1cc(OCC(C)(C)CS)cn1. The molecule has 0 aromatic carbocycles. The van der Waals surface area contributed by atoms with E-state index in [1.165, 1.54) is 0 Å². The molecule has 0 saturated carbocycles. The van der Waals surface area contributed by atoms with Gasteiger partial charge in [0, 0.05) is 12.0 Å². The topological polar surface area (TPSA) is 27.1 Å². The lowest BCUT2D eigenvalue weighted by Crippen LogP contribution is -2.22. The Morgan fingerprint density at radius 3 is 2.79 bits per heavy atom. The molecule has 1 aromatic heterocycles. The molecule has 1 heterocycles. The fourth-order valence-corrected chi connectivity index (χ4v) is 1.01. The molecule has 80 valence electrons. The van der Waals surface area contributed by atoms with Crippen LogP contribution in [-0.2, 0) is 6.54 Å². The van der Waals surface area contributed by atoms with Crippen molar-refractivity contribution in [1.29, 1.82) is 0 Å². The lowest BCUT2D eigenvalue weighted by atomic mass is 9.98. The average molecular weight is 214 g/mol. The molecular weight excluding hydrogens is 196 g/mol. The molecule has 1 aromatic rings. The number of hydrogen-bond acceptors (Lipinski definition) is 3. The van der Waals surface area contributed by atoms with Crippen molar-refractivity contribution in [2.24, 2.45) is 5.41 Å². The van der Waals surface area contributed by atoms with Crippen LogP contribution in [0.5, 0.6) is 5.75 Å². The monoisotopic (exact) mass is 214 g/mol. The number of rotatable bonds is 5. The number of nitrogens with zero attached hydrogens (tertiary/aromatic N) is 2. The van der Waals surface area contributed by atoms with Gasteiger partial charge in [-0.1, -0.05) is 13.8 Å². The van der Waals surface area contributed by atoms with Gasteiger partial charge in [0.05, 0.1) is 19.0 Å². The molecule has 0 fully saturated rings. The van der Waals surface area contributed by atoms with Crippen molar-refractivity contribution in [3.05, 3.63) is 12.4 Å². The molecule has 14 heavy (non-hydrogen) atoms. The summed E-state index contributed by atoms with van der Waals surface area (Å²) in [4.78, 5) is 0.